The average molecular weight is 427 g/mol. The van der Waals surface area contributed by atoms with Crippen LogP contribution in [0.1, 0.15) is 21.8 Å². The Morgan fingerprint density at radius 1 is 1.20 bits per heavy atom. The second-order valence-corrected chi connectivity index (χ2v) is 8.44. The van der Waals surface area contributed by atoms with E-state index < -0.39 is 12.0 Å². The molecule has 2 N–H and O–H groups in total. The summed E-state index contributed by atoms with van der Waals surface area (Å²) in [6, 6.07) is 8.07. The molecule has 6 nitrogen and oxygen atoms in total. The minimum atomic E-state index is -0.803. The molecule has 0 saturated carbocycles. The van der Waals surface area contributed by atoms with Crippen LogP contribution in [0.5, 0.6) is 0 Å². The molecule has 2 aliphatic rings. The van der Waals surface area contributed by atoms with Gasteiger partial charge in [0.15, 0.2) is 0 Å². The zero-order valence-electron chi connectivity index (χ0n) is 16.0. The maximum Gasteiger partial charge on any atom is 0.270 e. The van der Waals surface area contributed by atoms with Gasteiger partial charge in [-0.05, 0) is 36.8 Å². The molecule has 1 amide bonds. The van der Waals surface area contributed by atoms with Crippen LogP contribution in [0.4, 0.5) is 26.0 Å². The van der Waals surface area contributed by atoms with Gasteiger partial charge in [0.2, 0.25) is 0 Å². The second-order valence-electron chi connectivity index (χ2n) is 7.44. The number of benzene rings is 1. The SMILES string of the molecule is Nc1cc(N2CCc3nc(-c4ccc(N5CC[C@@H](F)C5)nc4)sc3C2=O)ccc1F. The van der Waals surface area contributed by atoms with Gasteiger partial charge in [-0.15, -0.1) is 11.3 Å². The third kappa shape index (κ3) is 3.28. The van der Waals surface area contributed by atoms with Gasteiger partial charge in [-0.1, -0.05) is 0 Å². The van der Waals surface area contributed by atoms with E-state index in [2.05, 4.69) is 9.97 Å². The molecule has 0 aliphatic carbocycles. The molecule has 9 heteroatoms. The highest BCUT2D eigenvalue weighted by Gasteiger charge is 2.30. The predicted molar refractivity (Wildman–Crippen MR) is 113 cm³/mol. The third-order valence-corrected chi connectivity index (χ3v) is 6.58. The summed E-state index contributed by atoms with van der Waals surface area (Å²) in [5.74, 6) is 0.0777. The summed E-state index contributed by atoms with van der Waals surface area (Å²) < 4.78 is 26.9. The lowest BCUT2D eigenvalue weighted by atomic mass is 10.1. The molecule has 30 heavy (non-hydrogen) atoms. The molecule has 5 rings (SSSR count). The van der Waals surface area contributed by atoms with E-state index in [1.807, 2.05) is 17.0 Å². The van der Waals surface area contributed by atoms with Crippen LogP contribution >= 0.6 is 11.3 Å². The molecule has 2 aliphatic heterocycles. The molecule has 1 aromatic carbocycles. The van der Waals surface area contributed by atoms with Gasteiger partial charge in [0, 0.05) is 37.0 Å². The van der Waals surface area contributed by atoms with Crippen LogP contribution in [-0.2, 0) is 6.42 Å². The van der Waals surface area contributed by atoms with Gasteiger partial charge >= 0.3 is 0 Å². The number of fused-ring (bicyclic) bond motifs is 1. The molecule has 0 bridgehead atoms. The standard InChI is InChI=1S/C21H19F2N5OS/c22-13-5-7-27(11-13)18-4-1-12(10-25-18)20-26-17-6-8-28(21(29)19(17)30-20)14-2-3-15(23)16(24)9-14/h1-4,9-10,13H,5-8,11,24H2/t13-/m1/s1. The zero-order chi connectivity index (χ0) is 20.8. The first-order valence-electron chi connectivity index (χ1n) is 9.71. The first-order valence-corrected chi connectivity index (χ1v) is 10.5. The van der Waals surface area contributed by atoms with Crippen LogP contribution in [0.25, 0.3) is 10.6 Å². The Morgan fingerprint density at radius 3 is 2.77 bits per heavy atom. The van der Waals surface area contributed by atoms with Crippen molar-refractivity contribution in [3.8, 4) is 10.6 Å². The molecule has 154 valence electrons. The number of nitrogens with zero attached hydrogens (tertiary/aromatic N) is 4. The van der Waals surface area contributed by atoms with Crippen LogP contribution in [0, 0.1) is 5.82 Å². The molecule has 0 spiro atoms. The van der Waals surface area contributed by atoms with Crippen molar-refractivity contribution < 1.29 is 13.6 Å². The van der Waals surface area contributed by atoms with Gasteiger partial charge in [-0.2, -0.15) is 0 Å². The normalized spacial score (nSPS) is 18.7. The highest BCUT2D eigenvalue weighted by Crippen LogP contribution is 2.34. The average Bonchev–Trinajstić information content (AvgIpc) is 3.38. The Balaban J connectivity index is 1.39. The first-order chi connectivity index (χ1) is 14.5. The highest BCUT2D eigenvalue weighted by molar-refractivity contribution is 7.17. The lowest BCUT2D eigenvalue weighted by molar-refractivity contribution is 0.0984. The fourth-order valence-corrected chi connectivity index (χ4v) is 4.88. The lowest BCUT2D eigenvalue weighted by Crippen LogP contribution is -2.37. The maximum absolute atomic E-state index is 13.5. The van der Waals surface area contributed by atoms with E-state index in [0.717, 1.165) is 22.1 Å². The highest BCUT2D eigenvalue weighted by atomic mass is 32.1. The number of halogens is 2. The van der Waals surface area contributed by atoms with E-state index in [4.69, 9.17) is 5.73 Å². The number of anilines is 3. The Labute approximate surface area is 176 Å². The predicted octanol–water partition coefficient (Wildman–Crippen LogP) is 3.68. The smallest absolute Gasteiger partial charge is 0.270 e. The van der Waals surface area contributed by atoms with Gasteiger partial charge < -0.3 is 15.5 Å². The van der Waals surface area contributed by atoms with Crippen molar-refractivity contribution in [2.45, 2.75) is 19.0 Å². The number of amides is 1. The third-order valence-electron chi connectivity index (χ3n) is 5.45. The van der Waals surface area contributed by atoms with Gasteiger partial charge in [-0.25, -0.2) is 18.7 Å². The number of hydrogen-bond donors (Lipinski definition) is 1. The monoisotopic (exact) mass is 427 g/mol. The van der Waals surface area contributed by atoms with Crippen molar-refractivity contribution in [3.63, 3.8) is 0 Å². The van der Waals surface area contributed by atoms with Crippen LogP contribution in [0.3, 0.4) is 0 Å². The topological polar surface area (TPSA) is 75.3 Å². The van der Waals surface area contributed by atoms with Crippen LogP contribution < -0.4 is 15.5 Å². The van der Waals surface area contributed by atoms with Crippen molar-refractivity contribution >= 4 is 34.4 Å². The van der Waals surface area contributed by atoms with Gasteiger partial charge in [-0.3, -0.25) is 4.79 Å². The largest absolute Gasteiger partial charge is 0.396 e. The van der Waals surface area contributed by atoms with E-state index >= 15 is 0 Å². The van der Waals surface area contributed by atoms with Crippen molar-refractivity contribution in [1.29, 1.82) is 0 Å². The quantitative estimate of drug-likeness (QED) is 0.646. The summed E-state index contributed by atoms with van der Waals surface area (Å²) >= 11 is 1.32. The summed E-state index contributed by atoms with van der Waals surface area (Å²) in [5, 5.41) is 0.720. The van der Waals surface area contributed by atoms with Gasteiger partial charge in [0.1, 0.15) is 27.7 Å². The molecule has 1 saturated heterocycles. The summed E-state index contributed by atoms with van der Waals surface area (Å²) in [6.07, 6.45) is 2.05. The number of carbonyl (C=O) groups is 1. The van der Waals surface area contributed by atoms with Gasteiger partial charge in [0.05, 0.1) is 17.9 Å². The number of carbonyl (C=O) groups excluding carboxylic acids is 1. The van der Waals surface area contributed by atoms with Gasteiger partial charge in [0.25, 0.3) is 5.91 Å². The Bertz CT molecular complexity index is 1120. The molecular formula is C21H19F2N5OS. The minimum Gasteiger partial charge on any atom is -0.396 e. The molecule has 0 unspecified atom stereocenters. The number of alkyl halides is 1. The molecule has 1 atom stereocenters. The number of thiazole rings is 1. The molecule has 3 aromatic rings. The van der Waals surface area contributed by atoms with E-state index in [9.17, 15) is 13.6 Å². The number of aromatic nitrogens is 2. The summed E-state index contributed by atoms with van der Waals surface area (Å²) in [5.41, 5.74) is 7.82. The fraction of sp³-hybridized carbons (Fsp3) is 0.286. The molecule has 0 radical (unpaired) electrons. The number of nitrogens with two attached hydrogens (primary N) is 1. The first kappa shape index (κ1) is 18.9. The Kier molecular flexibility index (Phi) is 4.62. The summed E-state index contributed by atoms with van der Waals surface area (Å²) in [6.45, 7) is 1.49. The molecule has 1 fully saturated rings. The minimum absolute atomic E-state index is 0.0133. The number of nitrogen functional groups attached to an aromatic ring is 1. The van der Waals surface area contributed by atoms with E-state index in [1.165, 1.54) is 23.5 Å². The Hall–Kier alpha value is -3.07. The van der Waals surface area contributed by atoms with E-state index in [0.29, 0.717) is 43.0 Å². The van der Waals surface area contributed by atoms with Crippen molar-refractivity contribution in [2.75, 3.05) is 35.2 Å². The van der Waals surface area contributed by atoms with Crippen molar-refractivity contribution in [1.82, 2.24) is 9.97 Å². The van der Waals surface area contributed by atoms with Crippen LogP contribution in [0.15, 0.2) is 36.5 Å². The Morgan fingerprint density at radius 2 is 2.07 bits per heavy atom. The summed E-state index contributed by atoms with van der Waals surface area (Å²) in [4.78, 5) is 26.2. The van der Waals surface area contributed by atoms with Crippen molar-refractivity contribution in [3.05, 3.63) is 52.9 Å². The van der Waals surface area contributed by atoms with E-state index in [-0.39, 0.29) is 11.6 Å². The number of rotatable bonds is 3. The molecular weight excluding hydrogens is 408 g/mol. The van der Waals surface area contributed by atoms with Crippen LogP contribution in [0.2, 0.25) is 0 Å². The molecule has 2 aromatic heterocycles. The summed E-state index contributed by atoms with van der Waals surface area (Å²) in [7, 11) is 0. The molecule has 4 heterocycles. The zero-order valence-corrected chi connectivity index (χ0v) is 16.8. The lowest BCUT2D eigenvalue weighted by Gasteiger charge is -2.26. The maximum atomic E-state index is 13.5. The number of hydrogen-bond acceptors (Lipinski definition) is 6. The van der Waals surface area contributed by atoms with E-state index in [1.54, 1.807) is 17.2 Å². The fourth-order valence-electron chi connectivity index (χ4n) is 3.82. The second kappa shape index (κ2) is 7.32. The van der Waals surface area contributed by atoms with Crippen LogP contribution in [-0.4, -0.2) is 41.7 Å². The number of pyridine rings is 1. The van der Waals surface area contributed by atoms with Crippen molar-refractivity contribution in [2.24, 2.45) is 0 Å².